The third-order valence-corrected chi connectivity index (χ3v) is 4.58. The van der Waals surface area contributed by atoms with Crippen LogP contribution in [0.4, 0.5) is 0 Å². The molecule has 0 saturated heterocycles. The van der Waals surface area contributed by atoms with Crippen LogP contribution < -0.4 is 0 Å². The molecule has 4 atom stereocenters. The molecule has 0 bridgehead atoms. The predicted octanol–water partition coefficient (Wildman–Crippen LogP) is 3.12. The highest BCUT2D eigenvalue weighted by Gasteiger charge is 2.41. The van der Waals surface area contributed by atoms with Gasteiger partial charge in [-0.2, -0.15) is 0 Å². The van der Waals surface area contributed by atoms with Crippen LogP contribution in [0.15, 0.2) is 0 Å². The Morgan fingerprint density at radius 3 is 1.88 bits per heavy atom. The third-order valence-electron chi connectivity index (χ3n) is 4.58. The van der Waals surface area contributed by atoms with Crippen molar-refractivity contribution >= 4 is 17.9 Å². The molecule has 0 saturated carbocycles. The second kappa shape index (κ2) is 9.64. The maximum Gasteiger partial charge on any atom is 0.313 e. The van der Waals surface area contributed by atoms with Gasteiger partial charge < -0.3 is 14.2 Å². The Balaban J connectivity index is 5.11. The van der Waals surface area contributed by atoms with Crippen molar-refractivity contribution in [2.24, 2.45) is 17.8 Å². The molecule has 0 radical (unpaired) electrons. The SMILES string of the molecule is CCC(OC(=O)C(C)C(C)(CC)OC(=O)C(C)C)C(C)C(=O)OC. The van der Waals surface area contributed by atoms with E-state index in [1.54, 1.807) is 34.6 Å². The van der Waals surface area contributed by atoms with Crippen LogP contribution in [-0.2, 0) is 28.6 Å². The number of esters is 3. The lowest BCUT2D eigenvalue weighted by Gasteiger charge is -2.34. The normalized spacial score (nSPS) is 17.4. The van der Waals surface area contributed by atoms with E-state index in [4.69, 9.17) is 14.2 Å². The molecule has 0 fully saturated rings. The van der Waals surface area contributed by atoms with Gasteiger partial charge >= 0.3 is 17.9 Å². The molecule has 0 amide bonds. The van der Waals surface area contributed by atoms with Crippen LogP contribution in [0.5, 0.6) is 0 Å². The van der Waals surface area contributed by atoms with Crippen LogP contribution in [0, 0.1) is 17.8 Å². The molecule has 0 aliphatic heterocycles. The number of ether oxygens (including phenoxy) is 3. The number of methoxy groups -OCH3 is 1. The van der Waals surface area contributed by atoms with Crippen molar-refractivity contribution in [3.63, 3.8) is 0 Å². The Bertz CT molecular complexity index is 445. The molecule has 6 nitrogen and oxygen atoms in total. The molecule has 0 N–H and O–H groups in total. The van der Waals surface area contributed by atoms with Crippen molar-refractivity contribution in [1.29, 1.82) is 0 Å². The highest BCUT2D eigenvalue weighted by molar-refractivity contribution is 5.77. The second-order valence-electron chi connectivity index (χ2n) is 6.66. The van der Waals surface area contributed by atoms with Gasteiger partial charge in [0.1, 0.15) is 11.7 Å². The maximum absolute atomic E-state index is 12.5. The molecule has 0 aromatic rings. The Labute approximate surface area is 145 Å². The lowest BCUT2D eigenvalue weighted by molar-refractivity contribution is -0.180. The predicted molar refractivity (Wildman–Crippen MR) is 90.1 cm³/mol. The van der Waals surface area contributed by atoms with Gasteiger partial charge in [-0.15, -0.1) is 0 Å². The van der Waals surface area contributed by atoms with Crippen LogP contribution in [0.1, 0.15) is 61.3 Å². The lowest BCUT2D eigenvalue weighted by Crippen LogP contribution is -2.45. The summed E-state index contributed by atoms with van der Waals surface area (Å²) >= 11 is 0. The van der Waals surface area contributed by atoms with Gasteiger partial charge in [-0.05, 0) is 33.6 Å². The van der Waals surface area contributed by atoms with Gasteiger partial charge in [0, 0.05) is 0 Å². The molecule has 0 aromatic heterocycles. The first kappa shape index (κ1) is 22.4. The van der Waals surface area contributed by atoms with E-state index in [0.29, 0.717) is 12.8 Å². The Morgan fingerprint density at radius 1 is 0.958 bits per heavy atom. The minimum absolute atomic E-state index is 0.276. The first-order chi connectivity index (χ1) is 11.0. The van der Waals surface area contributed by atoms with Crippen molar-refractivity contribution < 1.29 is 28.6 Å². The molecular weight excluding hydrogens is 312 g/mol. The first-order valence-electron chi connectivity index (χ1n) is 8.55. The van der Waals surface area contributed by atoms with Crippen molar-refractivity contribution in [3.8, 4) is 0 Å². The maximum atomic E-state index is 12.5. The quantitative estimate of drug-likeness (QED) is 0.472. The summed E-state index contributed by atoms with van der Waals surface area (Å²) in [6.45, 7) is 12.2. The molecule has 4 unspecified atom stereocenters. The van der Waals surface area contributed by atoms with Gasteiger partial charge in [0.15, 0.2) is 0 Å². The van der Waals surface area contributed by atoms with Crippen molar-refractivity contribution in [1.82, 2.24) is 0 Å². The van der Waals surface area contributed by atoms with Gasteiger partial charge in [-0.1, -0.05) is 27.7 Å². The number of hydrogen-bond donors (Lipinski definition) is 0. The van der Waals surface area contributed by atoms with Gasteiger partial charge in [0.2, 0.25) is 0 Å². The summed E-state index contributed by atoms with van der Waals surface area (Å²) in [5, 5.41) is 0. The molecule has 0 spiro atoms. The van der Waals surface area contributed by atoms with Gasteiger partial charge in [-0.3, -0.25) is 14.4 Å². The number of carbonyl (C=O) groups excluding carboxylic acids is 3. The first-order valence-corrected chi connectivity index (χ1v) is 8.55. The van der Waals surface area contributed by atoms with Crippen LogP contribution in [0.3, 0.4) is 0 Å². The minimum Gasteiger partial charge on any atom is -0.469 e. The van der Waals surface area contributed by atoms with E-state index in [1.807, 2.05) is 13.8 Å². The van der Waals surface area contributed by atoms with Gasteiger partial charge in [-0.25, -0.2) is 0 Å². The Morgan fingerprint density at radius 2 is 1.50 bits per heavy atom. The summed E-state index contributed by atoms with van der Waals surface area (Å²) in [6, 6.07) is 0. The number of hydrogen-bond acceptors (Lipinski definition) is 6. The smallest absolute Gasteiger partial charge is 0.313 e. The van der Waals surface area contributed by atoms with E-state index in [2.05, 4.69) is 0 Å². The molecule has 0 aliphatic carbocycles. The lowest BCUT2D eigenvalue weighted by atomic mass is 9.87. The van der Waals surface area contributed by atoms with E-state index < -0.39 is 35.5 Å². The highest BCUT2D eigenvalue weighted by Crippen LogP contribution is 2.29. The molecular formula is C18H32O6. The number of rotatable bonds is 9. The zero-order chi connectivity index (χ0) is 19.1. The summed E-state index contributed by atoms with van der Waals surface area (Å²) < 4.78 is 15.8. The van der Waals surface area contributed by atoms with E-state index >= 15 is 0 Å². The monoisotopic (exact) mass is 344 g/mol. The molecule has 140 valence electrons. The average molecular weight is 344 g/mol. The summed E-state index contributed by atoms with van der Waals surface area (Å²) in [7, 11) is 1.30. The van der Waals surface area contributed by atoms with Crippen LogP contribution >= 0.6 is 0 Å². The molecule has 0 rings (SSSR count). The minimum atomic E-state index is -0.953. The molecule has 6 heteroatoms. The van der Waals surface area contributed by atoms with Gasteiger partial charge in [0.05, 0.1) is 24.9 Å². The largest absolute Gasteiger partial charge is 0.469 e. The zero-order valence-electron chi connectivity index (χ0n) is 16.2. The van der Waals surface area contributed by atoms with Crippen LogP contribution in [-0.4, -0.2) is 36.7 Å². The summed E-state index contributed by atoms with van der Waals surface area (Å²) in [4.78, 5) is 36.1. The fourth-order valence-corrected chi connectivity index (χ4v) is 2.19. The van der Waals surface area contributed by atoms with E-state index in [1.165, 1.54) is 7.11 Å². The molecule has 24 heavy (non-hydrogen) atoms. The Kier molecular flexibility index (Phi) is 9.01. The van der Waals surface area contributed by atoms with E-state index in [0.717, 1.165) is 0 Å². The fraction of sp³-hybridized carbons (Fsp3) is 0.833. The van der Waals surface area contributed by atoms with Crippen LogP contribution in [0.25, 0.3) is 0 Å². The van der Waals surface area contributed by atoms with Crippen molar-refractivity contribution in [2.75, 3.05) is 7.11 Å². The summed E-state index contributed by atoms with van der Waals surface area (Å²) in [5.41, 5.74) is -0.953. The highest BCUT2D eigenvalue weighted by atomic mass is 16.6. The fourth-order valence-electron chi connectivity index (χ4n) is 2.19. The van der Waals surface area contributed by atoms with Crippen LogP contribution in [0.2, 0.25) is 0 Å². The second-order valence-corrected chi connectivity index (χ2v) is 6.66. The molecule has 0 heterocycles. The standard InChI is InChI=1S/C18H32O6/c1-9-14(12(5)16(20)22-8)23-17(21)13(6)18(7,10-2)24-15(19)11(3)4/h11-14H,9-10H2,1-8H3. The third kappa shape index (κ3) is 5.80. The zero-order valence-corrected chi connectivity index (χ0v) is 16.2. The average Bonchev–Trinajstić information content (AvgIpc) is 2.56. The topological polar surface area (TPSA) is 78.9 Å². The number of carbonyl (C=O) groups is 3. The van der Waals surface area contributed by atoms with Crippen molar-refractivity contribution in [3.05, 3.63) is 0 Å². The van der Waals surface area contributed by atoms with Crippen molar-refractivity contribution in [2.45, 2.75) is 73.0 Å². The summed E-state index contributed by atoms with van der Waals surface area (Å²) in [5.74, 6) is -2.74. The Hall–Kier alpha value is -1.59. The molecule has 0 aliphatic rings. The molecule has 0 aromatic carbocycles. The van der Waals surface area contributed by atoms with E-state index in [-0.39, 0.29) is 11.9 Å². The van der Waals surface area contributed by atoms with Gasteiger partial charge in [0.25, 0.3) is 0 Å². The summed E-state index contributed by atoms with van der Waals surface area (Å²) in [6.07, 6.45) is 0.392. The van der Waals surface area contributed by atoms with E-state index in [9.17, 15) is 14.4 Å².